The molecule has 0 amide bonds. The largest absolute Gasteiger partial charge is 0.411 e. The monoisotopic (exact) mass is 546 g/mol. The molecule has 3 rings (SSSR count). The summed E-state index contributed by atoms with van der Waals surface area (Å²) in [6, 6.07) is 15.3. The van der Waals surface area contributed by atoms with E-state index in [0.717, 1.165) is 22.9 Å². The molecule has 0 aliphatic rings. The predicted octanol–water partition coefficient (Wildman–Crippen LogP) is 4.28. The minimum absolute atomic E-state index is 0.196. The van der Waals surface area contributed by atoms with Crippen molar-refractivity contribution >= 4 is 27.1 Å². The molecule has 0 bridgehead atoms. The van der Waals surface area contributed by atoms with Crippen LogP contribution < -0.4 is 5.56 Å². The molecule has 1 heterocycles. The average Bonchev–Trinajstić information content (AvgIpc) is 2.86. The van der Waals surface area contributed by atoms with Gasteiger partial charge in [-0.15, -0.1) is 0 Å². The molecule has 198 valence electrons. The topological polar surface area (TPSA) is 107 Å². The first-order chi connectivity index (χ1) is 17.6. The Kier molecular flexibility index (Phi) is 10.0. The standard InChI is InChI=1S/C27H31ClN2O6S/c1-19-16-22(28)7-10-24(19)25(20-4-8-23(9-5-20)37(3,33)34)17-26(29-32)21-6-11-27(31)30(18-21)12-13-36-15-14-35-2/h4-11,16,18,25,32H,12-15,17H2,1-3H3. The number of sulfone groups is 1. The Hall–Kier alpha value is -2.98. The van der Waals surface area contributed by atoms with Crippen molar-refractivity contribution < 1.29 is 23.1 Å². The molecule has 0 aliphatic heterocycles. The van der Waals surface area contributed by atoms with E-state index in [2.05, 4.69) is 5.16 Å². The van der Waals surface area contributed by atoms with Crippen LogP contribution in [0.5, 0.6) is 0 Å². The number of aryl methyl sites for hydroxylation is 1. The fourth-order valence-electron chi connectivity index (χ4n) is 4.08. The number of ether oxygens (including phenoxy) is 2. The molecule has 0 radical (unpaired) electrons. The maximum Gasteiger partial charge on any atom is 0.250 e. The average molecular weight is 547 g/mol. The highest BCUT2D eigenvalue weighted by atomic mass is 35.5. The van der Waals surface area contributed by atoms with Crippen LogP contribution in [-0.4, -0.2) is 57.1 Å². The fourth-order valence-corrected chi connectivity index (χ4v) is 4.94. The van der Waals surface area contributed by atoms with Gasteiger partial charge in [0.05, 0.1) is 30.4 Å². The van der Waals surface area contributed by atoms with Gasteiger partial charge in [-0.3, -0.25) is 4.79 Å². The Balaban J connectivity index is 1.95. The van der Waals surface area contributed by atoms with Crippen LogP contribution in [0, 0.1) is 6.92 Å². The summed E-state index contributed by atoms with van der Waals surface area (Å²) < 4.78 is 35.9. The van der Waals surface area contributed by atoms with E-state index in [1.807, 2.05) is 19.1 Å². The van der Waals surface area contributed by atoms with Crippen LogP contribution in [0.2, 0.25) is 5.02 Å². The third-order valence-electron chi connectivity index (χ3n) is 6.06. The highest BCUT2D eigenvalue weighted by Gasteiger charge is 2.22. The van der Waals surface area contributed by atoms with Crippen molar-refractivity contribution in [2.45, 2.75) is 30.7 Å². The lowest BCUT2D eigenvalue weighted by Gasteiger charge is -2.21. The van der Waals surface area contributed by atoms with Gasteiger partial charge in [0, 0.05) is 55.1 Å². The summed E-state index contributed by atoms with van der Waals surface area (Å²) in [4.78, 5) is 12.6. The summed E-state index contributed by atoms with van der Waals surface area (Å²) in [6.07, 6.45) is 3.10. The van der Waals surface area contributed by atoms with Gasteiger partial charge in [0.15, 0.2) is 9.84 Å². The summed E-state index contributed by atoms with van der Waals surface area (Å²) >= 11 is 6.19. The Morgan fingerprint density at radius 1 is 1.08 bits per heavy atom. The quantitative estimate of drug-likeness (QED) is 0.157. The van der Waals surface area contributed by atoms with Crippen LogP contribution >= 0.6 is 11.6 Å². The lowest BCUT2D eigenvalue weighted by atomic mass is 9.83. The lowest BCUT2D eigenvalue weighted by molar-refractivity contribution is 0.0663. The van der Waals surface area contributed by atoms with Gasteiger partial charge in [0.2, 0.25) is 0 Å². The first-order valence-electron chi connectivity index (χ1n) is 11.7. The summed E-state index contributed by atoms with van der Waals surface area (Å²) in [7, 11) is -1.76. The summed E-state index contributed by atoms with van der Waals surface area (Å²) in [5.41, 5.74) is 3.51. The minimum Gasteiger partial charge on any atom is -0.411 e. The Bertz CT molecular complexity index is 1400. The van der Waals surface area contributed by atoms with Crippen LogP contribution in [0.25, 0.3) is 0 Å². The van der Waals surface area contributed by atoms with E-state index in [-0.39, 0.29) is 16.4 Å². The van der Waals surface area contributed by atoms with Gasteiger partial charge in [0.25, 0.3) is 5.56 Å². The first-order valence-corrected chi connectivity index (χ1v) is 14.0. The van der Waals surface area contributed by atoms with E-state index in [0.29, 0.717) is 49.1 Å². The molecule has 1 atom stereocenters. The molecule has 2 aromatic carbocycles. The maximum atomic E-state index is 12.4. The minimum atomic E-state index is -3.35. The molecule has 0 spiro atoms. The molecule has 1 unspecified atom stereocenters. The number of hydrogen-bond donors (Lipinski definition) is 1. The van der Waals surface area contributed by atoms with Crippen LogP contribution in [0.3, 0.4) is 0 Å². The highest BCUT2D eigenvalue weighted by Crippen LogP contribution is 2.33. The Labute approximate surface area is 222 Å². The van der Waals surface area contributed by atoms with E-state index in [4.69, 9.17) is 21.1 Å². The molecule has 37 heavy (non-hydrogen) atoms. The van der Waals surface area contributed by atoms with Crippen molar-refractivity contribution in [3.8, 4) is 0 Å². The second-order valence-corrected chi connectivity index (χ2v) is 11.2. The SMILES string of the molecule is COCCOCCn1cc(C(CC(c2ccc(S(C)(=O)=O)cc2)c2ccc(Cl)cc2C)=NO)ccc1=O. The van der Waals surface area contributed by atoms with Gasteiger partial charge in [-0.1, -0.05) is 35.0 Å². The number of oxime groups is 1. The molecule has 10 heteroatoms. The predicted molar refractivity (Wildman–Crippen MR) is 144 cm³/mol. The van der Waals surface area contributed by atoms with Crippen molar-refractivity contribution in [1.29, 1.82) is 0 Å². The summed E-state index contributed by atoms with van der Waals surface area (Å²) in [5.74, 6) is -0.269. The van der Waals surface area contributed by atoms with Crippen molar-refractivity contribution in [3.63, 3.8) is 0 Å². The molecule has 1 aromatic heterocycles. The van der Waals surface area contributed by atoms with E-state index in [1.165, 1.54) is 10.6 Å². The van der Waals surface area contributed by atoms with Gasteiger partial charge in [0.1, 0.15) is 0 Å². The normalized spacial score (nSPS) is 13.0. The number of halogens is 1. The van der Waals surface area contributed by atoms with Crippen molar-refractivity contribution in [3.05, 3.63) is 98.4 Å². The van der Waals surface area contributed by atoms with E-state index < -0.39 is 9.84 Å². The molecular weight excluding hydrogens is 516 g/mol. The third-order valence-corrected chi connectivity index (χ3v) is 7.42. The zero-order chi connectivity index (χ0) is 27.0. The highest BCUT2D eigenvalue weighted by molar-refractivity contribution is 7.90. The number of benzene rings is 2. The number of hydrogen-bond acceptors (Lipinski definition) is 7. The van der Waals surface area contributed by atoms with Crippen LogP contribution in [0.4, 0.5) is 0 Å². The van der Waals surface area contributed by atoms with Gasteiger partial charge >= 0.3 is 0 Å². The molecule has 0 fully saturated rings. The van der Waals surface area contributed by atoms with E-state index in [1.54, 1.807) is 49.7 Å². The second-order valence-electron chi connectivity index (χ2n) is 8.70. The molecule has 3 aromatic rings. The number of rotatable bonds is 12. The summed E-state index contributed by atoms with van der Waals surface area (Å²) in [5, 5.41) is 14.2. The number of pyridine rings is 1. The smallest absolute Gasteiger partial charge is 0.250 e. The van der Waals surface area contributed by atoms with Crippen LogP contribution in [0.15, 0.2) is 75.6 Å². The fraction of sp³-hybridized carbons (Fsp3) is 0.333. The molecule has 8 nitrogen and oxygen atoms in total. The number of methoxy groups -OCH3 is 1. The molecular formula is C27H31ClN2O6S. The molecule has 0 saturated heterocycles. The van der Waals surface area contributed by atoms with Crippen molar-refractivity contribution in [2.24, 2.45) is 5.16 Å². The van der Waals surface area contributed by atoms with Crippen LogP contribution in [-0.2, 0) is 25.9 Å². The molecule has 0 aliphatic carbocycles. The third kappa shape index (κ3) is 7.75. The maximum absolute atomic E-state index is 12.4. The van der Waals surface area contributed by atoms with Gasteiger partial charge in [-0.05, 0) is 53.9 Å². The Morgan fingerprint density at radius 2 is 1.81 bits per heavy atom. The van der Waals surface area contributed by atoms with Crippen LogP contribution in [0.1, 0.15) is 34.6 Å². The van der Waals surface area contributed by atoms with Gasteiger partial charge in [-0.2, -0.15) is 0 Å². The zero-order valence-corrected chi connectivity index (χ0v) is 22.6. The van der Waals surface area contributed by atoms with Gasteiger partial charge < -0.3 is 19.2 Å². The summed E-state index contributed by atoms with van der Waals surface area (Å²) in [6.45, 7) is 3.50. The molecule has 1 N–H and O–H groups in total. The molecule has 0 saturated carbocycles. The van der Waals surface area contributed by atoms with E-state index >= 15 is 0 Å². The van der Waals surface area contributed by atoms with E-state index in [9.17, 15) is 18.4 Å². The second kappa shape index (κ2) is 13.0. The Morgan fingerprint density at radius 3 is 2.43 bits per heavy atom. The van der Waals surface area contributed by atoms with Crippen molar-refractivity contribution in [1.82, 2.24) is 4.57 Å². The zero-order valence-electron chi connectivity index (χ0n) is 21.1. The lowest BCUT2D eigenvalue weighted by Crippen LogP contribution is -2.23. The van der Waals surface area contributed by atoms with Gasteiger partial charge in [-0.25, -0.2) is 8.42 Å². The first kappa shape index (κ1) is 28.6. The van der Waals surface area contributed by atoms with Crippen molar-refractivity contribution in [2.75, 3.05) is 33.2 Å². The number of aromatic nitrogens is 1. The number of nitrogens with zero attached hydrogens (tertiary/aromatic N) is 2.